The van der Waals surface area contributed by atoms with Crippen LogP contribution in [0.2, 0.25) is 0 Å². The number of hydrogen-bond donors (Lipinski definition) is 3. The Hall–Kier alpha value is -2.42. The predicted octanol–water partition coefficient (Wildman–Crippen LogP) is 1.57. The number of benzene rings is 2. The minimum absolute atomic E-state index is 0. The number of guanidine groups is 1. The molecule has 0 spiro atoms. The number of carbonyl (C=O) groups is 1. The molecule has 140 valence electrons. The molecule has 7 nitrogen and oxygen atoms in total. The Morgan fingerprint density at radius 3 is 2.27 bits per heavy atom. The van der Waals surface area contributed by atoms with E-state index < -0.39 is 9.84 Å². The fourth-order valence-electron chi connectivity index (χ4n) is 2.26. The Morgan fingerprint density at radius 2 is 1.77 bits per heavy atom. The summed E-state index contributed by atoms with van der Waals surface area (Å²) in [6.45, 7) is 0.379. The third kappa shape index (κ3) is 5.29. The van der Waals surface area contributed by atoms with Crippen molar-refractivity contribution < 1.29 is 13.2 Å². The monoisotopic (exact) mass is 396 g/mol. The van der Waals surface area contributed by atoms with Crippen LogP contribution in [0.25, 0.3) is 0 Å². The number of rotatable bonds is 6. The maximum absolute atomic E-state index is 12.6. The van der Waals surface area contributed by atoms with Crippen molar-refractivity contribution in [3.8, 4) is 0 Å². The lowest BCUT2D eigenvalue weighted by atomic mass is 10.0. The molecule has 0 saturated carbocycles. The molecule has 0 unspecified atom stereocenters. The fraction of sp³-hybridized carbons (Fsp3) is 0.176. The fourth-order valence-corrected chi connectivity index (χ4v) is 2.93. The Labute approximate surface area is 159 Å². The van der Waals surface area contributed by atoms with Crippen molar-refractivity contribution in [1.29, 1.82) is 5.41 Å². The van der Waals surface area contributed by atoms with Crippen molar-refractivity contribution >= 4 is 34.0 Å². The average Bonchev–Trinajstić information content (AvgIpc) is 2.58. The van der Waals surface area contributed by atoms with Crippen molar-refractivity contribution in [2.24, 2.45) is 5.73 Å². The standard InChI is InChI=1S/C17H20N4O3S.ClH/c1-20-21(17(18)19)11-12-6-8-13(9-7-12)16(22)14-4-3-5-15(10-14)25(2,23)24;/h3-10,20H,11H2,1-2H3,(H3,18,19);1H. The van der Waals surface area contributed by atoms with Crippen molar-refractivity contribution in [2.45, 2.75) is 11.4 Å². The maximum Gasteiger partial charge on any atom is 0.203 e. The summed E-state index contributed by atoms with van der Waals surface area (Å²) in [4.78, 5) is 12.7. The second kappa shape index (κ2) is 8.79. The highest BCUT2D eigenvalue weighted by Crippen LogP contribution is 2.16. The van der Waals surface area contributed by atoms with Crippen molar-refractivity contribution in [3.05, 3.63) is 65.2 Å². The van der Waals surface area contributed by atoms with Gasteiger partial charge in [0.1, 0.15) is 0 Å². The molecule has 0 aromatic heterocycles. The first-order valence-electron chi connectivity index (χ1n) is 7.45. The summed E-state index contributed by atoms with van der Waals surface area (Å²) in [6, 6.07) is 12.8. The molecular formula is C17H21ClN4O3S. The van der Waals surface area contributed by atoms with Gasteiger partial charge in [0, 0.05) is 24.4 Å². The molecule has 2 rings (SSSR count). The van der Waals surface area contributed by atoms with Crippen LogP contribution in [0.3, 0.4) is 0 Å². The lowest BCUT2D eigenvalue weighted by Gasteiger charge is -2.21. The third-order valence-electron chi connectivity index (χ3n) is 3.64. The van der Waals surface area contributed by atoms with Gasteiger partial charge in [-0.05, 0) is 17.7 Å². The van der Waals surface area contributed by atoms with Gasteiger partial charge in [0.25, 0.3) is 0 Å². The zero-order chi connectivity index (χ0) is 18.6. The Kier molecular flexibility index (Phi) is 7.31. The maximum atomic E-state index is 12.6. The molecule has 0 radical (unpaired) electrons. The number of nitrogens with two attached hydrogens (primary N) is 1. The van der Waals surface area contributed by atoms with E-state index >= 15 is 0 Å². The molecule has 0 bridgehead atoms. The number of nitrogens with zero attached hydrogens (tertiary/aromatic N) is 1. The topological polar surface area (TPSA) is 116 Å². The van der Waals surface area contributed by atoms with Crippen LogP contribution in [0.1, 0.15) is 21.5 Å². The second-order valence-corrected chi connectivity index (χ2v) is 7.54. The Bertz CT molecular complexity index is 898. The number of hydrazine groups is 1. The highest BCUT2D eigenvalue weighted by Gasteiger charge is 2.14. The van der Waals surface area contributed by atoms with Gasteiger partial charge in [-0.15, -0.1) is 12.4 Å². The van der Waals surface area contributed by atoms with Crippen LogP contribution >= 0.6 is 12.4 Å². The van der Waals surface area contributed by atoms with Gasteiger partial charge in [0.15, 0.2) is 15.6 Å². The second-order valence-electron chi connectivity index (χ2n) is 5.52. The van der Waals surface area contributed by atoms with Crippen LogP contribution in [0.5, 0.6) is 0 Å². The van der Waals surface area contributed by atoms with Crippen LogP contribution < -0.4 is 11.2 Å². The normalized spacial score (nSPS) is 10.7. The summed E-state index contributed by atoms with van der Waals surface area (Å²) >= 11 is 0. The molecule has 0 aliphatic heterocycles. The Balaban J connectivity index is 0.00000338. The summed E-state index contributed by atoms with van der Waals surface area (Å²) < 4.78 is 23.3. The largest absolute Gasteiger partial charge is 0.369 e. The van der Waals surface area contributed by atoms with Gasteiger partial charge in [-0.2, -0.15) is 0 Å². The summed E-state index contributed by atoms with van der Waals surface area (Å²) in [5.74, 6) is -0.366. The van der Waals surface area contributed by atoms with Crippen molar-refractivity contribution in [2.75, 3.05) is 13.3 Å². The molecular weight excluding hydrogens is 376 g/mol. The van der Waals surface area contributed by atoms with Crippen molar-refractivity contribution in [3.63, 3.8) is 0 Å². The predicted molar refractivity (Wildman–Crippen MR) is 103 cm³/mol. The van der Waals surface area contributed by atoms with E-state index in [0.29, 0.717) is 17.7 Å². The first-order chi connectivity index (χ1) is 11.7. The van der Waals surface area contributed by atoms with Crippen LogP contribution in [0.15, 0.2) is 53.4 Å². The Morgan fingerprint density at radius 1 is 1.15 bits per heavy atom. The number of carbonyl (C=O) groups excluding carboxylic acids is 1. The van der Waals surface area contributed by atoms with Gasteiger partial charge in [-0.3, -0.25) is 15.2 Å². The van der Waals surface area contributed by atoms with E-state index in [1.807, 2.05) is 0 Å². The molecule has 2 aromatic carbocycles. The summed E-state index contributed by atoms with van der Waals surface area (Å²) in [5, 5.41) is 8.88. The molecule has 0 atom stereocenters. The zero-order valence-corrected chi connectivity index (χ0v) is 16.0. The van der Waals surface area contributed by atoms with E-state index in [0.717, 1.165) is 11.8 Å². The number of hydrogen-bond acceptors (Lipinski definition) is 5. The minimum atomic E-state index is -3.37. The van der Waals surface area contributed by atoms with E-state index in [1.165, 1.54) is 17.1 Å². The SMILES string of the molecule is CNN(Cc1ccc(C(=O)c2cccc(S(C)(=O)=O)c2)cc1)C(=N)N.Cl. The van der Waals surface area contributed by atoms with E-state index in [1.54, 1.807) is 43.4 Å². The molecule has 0 saturated heterocycles. The molecule has 0 aliphatic carbocycles. The van der Waals surface area contributed by atoms with E-state index in [9.17, 15) is 13.2 Å². The summed E-state index contributed by atoms with van der Waals surface area (Å²) in [5.41, 5.74) is 9.87. The third-order valence-corrected chi connectivity index (χ3v) is 4.75. The highest BCUT2D eigenvalue weighted by atomic mass is 35.5. The molecule has 4 N–H and O–H groups in total. The van der Waals surface area contributed by atoms with Gasteiger partial charge < -0.3 is 5.73 Å². The summed E-state index contributed by atoms with van der Waals surface area (Å²) in [7, 11) is -1.71. The number of halogens is 1. The summed E-state index contributed by atoms with van der Waals surface area (Å²) in [6.07, 6.45) is 1.11. The number of ketones is 1. The number of nitrogens with one attached hydrogen (secondary N) is 2. The van der Waals surface area contributed by atoms with E-state index in [-0.39, 0.29) is 29.0 Å². The molecule has 0 aliphatic rings. The minimum Gasteiger partial charge on any atom is -0.369 e. The van der Waals surface area contributed by atoms with Crippen LogP contribution in [0, 0.1) is 5.41 Å². The molecule has 9 heteroatoms. The highest BCUT2D eigenvalue weighted by molar-refractivity contribution is 7.90. The lowest BCUT2D eigenvalue weighted by molar-refractivity contribution is 0.103. The van der Waals surface area contributed by atoms with E-state index in [4.69, 9.17) is 11.1 Å². The molecule has 0 fully saturated rings. The van der Waals surface area contributed by atoms with Gasteiger partial charge in [0.05, 0.1) is 11.4 Å². The van der Waals surface area contributed by atoms with Crippen LogP contribution in [0.4, 0.5) is 0 Å². The van der Waals surface area contributed by atoms with Crippen LogP contribution in [-0.2, 0) is 16.4 Å². The van der Waals surface area contributed by atoms with Gasteiger partial charge in [-0.1, -0.05) is 36.4 Å². The van der Waals surface area contributed by atoms with E-state index in [2.05, 4.69) is 5.43 Å². The van der Waals surface area contributed by atoms with Crippen molar-refractivity contribution in [1.82, 2.24) is 10.4 Å². The first-order valence-corrected chi connectivity index (χ1v) is 9.34. The zero-order valence-electron chi connectivity index (χ0n) is 14.4. The van der Waals surface area contributed by atoms with Crippen LogP contribution in [-0.4, -0.2) is 38.5 Å². The lowest BCUT2D eigenvalue weighted by Crippen LogP contribution is -2.43. The quantitative estimate of drug-likeness (QED) is 0.295. The molecule has 0 amide bonds. The molecule has 2 aromatic rings. The first kappa shape index (κ1) is 21.6. The van der Waals surface area contributed by atoms with Gasteiger partial charge in [0.2, 0.25) is 5.96 Å². The molecule has 26 heavy (non-hydrogen) atoms. The number of sulfone groups is 1. The smallest absolute Gasteiger partial charge is 0.203 e. The average molecular weight is 397 g/mol. The van der Waals surface area contributed by atoms with Gasteiger partial charge >= 0.3 is 0 Å². The molecule has 0 heterocycles. The van der Waals surface area contributed by atoms with Gasteiger partial charge in [-0.25, -0.2) is 13.8 Å².